The van der Waals surface area contributed by atoms with E-state index in [1.165, 1.54) is 0 Å². The van der Waals surface area contributed by atoms with Gasteiger partial charge in [0.1, 0.15) is 6.04 Å². The average Bonchev–Trinajstić information content (AvgIpc) is 2.39. The minimum absolute atomic E-state index is 0.357. The third-order valence-corrected chi connectivity index (χ3v) is 2.71. The van der Waals surface area contributed by atoms with Crippen LogP contribution in [0.25, 0.3) is 0 Å². The van der Waals surface area contributed by atoms with Crippen LogP contribution < -0.4 is 17.2 Å². The van der Waals surface area contributed by atoms with Gasteiger partial charge in [-0.25, -0.2) is 0 Å². The zero-order valence-corrected chi connectivity index (χ0v) is 12.5. The Morgan fingerprint density at radius 3 is 1.95 bits per heavy atom. The molecule has 7 N–H and O–H groups in total. The lowest BCUT2D eigenvalue weighted by Gasteiger charge is -2.07. The van der Waals surface area contributed by atoms with Crippen LogP contribution in [0, 0.1) is 5.92 Å². The highest BCUT2D eigenvalue weighted by molar-refractivity contribution is 5.79. The van der Waals surface area contributed by atoms with Crippen molar-refractivity contribution in [3.05, 3.63) is 35.9 Å². The number of rotatable bonds is 6. The normalized spacial score (nSPS) is 13.0. The summed E-state index contributed by atoms with van der Waals surface area (Å²) in [5.41, 5.74) is 16.7. The fraction of sp³-hybridized carbons (Fsp3) is 0.467. The molecule has 0 saturated heterocycles. The van der Waals surface area contributed by atoms with Crippen molar-refractivity contribution in [2.75, 3.05) is 0 Å². The number of carbonyl (C=O) groups is 2. The fourth-order valence-corrected chi connectivity index (χ4v) is 1.58. The fourth-order valence-electron chi connectivity index (χ4n) is 1.58. The van der Waals surface area contributed by atoms with E-state index >= 15 is 0 Å². The SMILES string of the molecule is CC(C)CC(N)C(=O)O.NC(=O)C(N)Cc1ccccc1. The van der Waals surface area contributed by atoms with Gasteiger partial charge in [-0.05, 0) is 24.3 Å². The Kier molecular flexibility index (Phi) is 9.00. The maximum atomic E-state index is 10.6. The number of carboxylic acid groups (broad SMARTS) is 1. The molecule has 0 aliphatic carbocycles. The number of hydrogen-bond donors (Lipinski definition) is 4. The van der Waals surface area contributed by atoms with Crippen molar-refractivity contribution in [3.63, 3.8) is 0 Å². The Bertz CT molecular complexity index is 435. The summed E-state index contributed by atoms with van der Waals surface area (Å²) < 4.78 is 0. The first kappa shape index (κ1) is 19.1. The minimum atomic E-state index is -0.913. The molecule has 0 radical (unpaired) electrons. The maximum absolute atomic E-state index is 10.6. The molecule has 1 amide bonds. The second kappa shape index (κ2) is 9.90. The summed E-state index contributed by atoms with van der Waals surface area (Å²) in [6.07, 6.45) is 1.06. The molecule has 0 aromatic heterocycles. The quantitative estimate of drug-likeness (QED) is 0.606. The Labute approximate surface area is 125 Å². The summed E-state index contributed by atoms with van der Waals surface area (Å²) in [6.45, 7) is 3.89. The first-order valence-electron chi connectivity index (χ1n) is 6.81. The second-order valence-corrected chi connectivity index (χ2v) is 5.27. The highest BCUT2D eigenvalue weighted by Gasteiger charge is 2.12. The maximum Gasteiger partial charge on any atom is 0.320 e. The van der Waals surface area contributed by atoms with Crippen LogP contribution in [0.2, 0.25) is 0 Å². The summed E-state index contributed by atoms with van der Waals surface area (Å²) in [4.78, 5) is 20.7. The van der Waals surface area contributed by atoms with Crippen LogP contribution in [-0.4, -0.2) is 29.1 Å². The molecule has 118 valence electrons. The van der Waals surface area contributed by atoms with Crippen LogP contribution >= 0.6 is 0 Å². The Hall–Kier alpha value is -1.92. The zero-order chi connectivity index (χ0) is 16.4. The molecule has 1 rings (SSSR count). The molecule has 2 atom stereocenters. The van der Waals surface area contributed by atoms with E-state index in [1.54, 1.807) is 0 Å². The van der Waals surface area contributed by atoms with Crippen LogP contribution in [0.5, 0.6) is 0 Å². The van der Waals surface area contributed by atoms with Gasteiger partial charge in [0, 0.05) is 0 Å². The number of carbonyl (C=O) groups excluding carboxylic acids is 1. The smallest absolute Gasteiger partial charge is 0.320 e. The Morgan fingerprint density at radius 1 is 1.10 bits per heavy atom. The molecule has 0 fully saturated rings. The molecule has 0 aliphatic rings. The average molecular weight is 295 g/mol. The van der Waals surface area contributed by atoms with E-state index in [-0.39, 0.29) is 0 Å². The highest BCUT2D eigenvalue weighted by Crippen LogP contribution is 2.02. The number of primary amides is 1. The number of benzene rings is 1. The monoisotopic (exact) mass is 295 g/mol. The molecule has 21 heavy (non-hydrogen) atoms. The second-order valence-electron chi connectivity index (χ2n) is 5.27. The van der Waals surface area contributed by atoms with Crippen LogP contribution in [0.15, 0.2) is 30.3 Å². The molecule has 1 aromatic carbocycles. The van der Waals surface area contributed by atoms with Gasteiger partial charge >= 0.3 is 5.97 Å². The van der Waals surface area contributed by atoms with Gasteiger partial charge in [0.25, 0.3) is 0 Å². The van der Waals surface area contributed by atoms with Gasteiger partial charge in [0.2, 0.25) is 5.91 Å². The van der Waals surface area contributed by atoms with E-state index in [9.17, 15) is 9.59 Å². The van der Waals surface area contributed by atoms with E-state index in [2.05, 4.69) is 0 Å². The van der Waals surface area contributed by atoms with Crippen molar-refractivity contribution in [1.82, 2.24) is 0 Å². The van der Waals surface area contributed by atoms with Gasteiger partial charge in [0.05, 0.1) is 6.04 Å². The van der Waals surface area contributed by atoms with Crippen LogP contribution in [0.3, 0.4) is 0 Å². The Morgan fingerprint density at radius 2 is 1.62 bits per heavy atom. The summed E-state index contributed by atoms with van der Waals surface area (Å²) in [6, 6.07) is 8.30. The first-order chi connectivity index (χ1) is 9.73. The minimum Gasteiger partial charge on any atom is -0.480 e. The van der Waals surface area contributed by atoms with Crippen LogP contribution in [0.4, 0.5) is 0 Å². The molecule has 6 heteroatoms. The van der Waals surface area contributed by atoms with Gasteiger partial charge in [-0.15, -0.1) is 0 Å². The predicted molar refractivity (Wildman–Crippen MR) is 82.4 cm³/mol. The third kappa shape index (κ3) is 9.59. The number of aliphatic carboxylic acids is 1. The molecule has 0 spiro atoms. The predicted octanol–water partition coefficient (Wildman–Crippen LogP) is 0.486. The van der Waals surface area contributed by atoms with Crippen LogP contribution in [-0.2, 0) is 16.0 Å². The van der Waals surface area contributed by atoms with E-state index < -0.39 is 24.0 Å². The molecule has 1 aromatic rings. The largest absolute Gasteiger partial charge is 0.480 e. The van der Waals surface area contributed by atoms with Crippen molar-refractivity contribution in [2.45, 2.75) is 38.8 Å². The number of amides is 1. The van der Waals surface area contributed by atoms with E-state index in [1.807, 2.05) is 44.2 Å². The van der Waals surface area contributed by atoms with Gasteiger partial charge in [-0.2, -0.15) is 0 Å². The Balaban J connectivity index is 0.000000400. The van der Waals surface area contributed by atoms with Crippen molar-refractivity contribution in [2.24, 2.45) is 23.1 Å². The summed E-state index contributed by atoms with van der Waals surface area (Å²) in [5.74, 6) is -1.02. The van der Waals surface area contributed by atoms with E-state index in [0.717, 1.165) is 5.56 Å². The highest BCUT2D eigenvalue weighted by atomic mass is 16.4. The standard InChI is InChI=1S/C9H12N2O.C6H13NO2/c10-8(9(11)12)6-7-4-2-1-3-5-7;1-4(2)3-5(7)6(8)9/h1-5,8H,6,10H2,(H2,11,12);4-5H,3,7H2,1-2H3,(H,8,9). The topological polar surface area (TPSA) is 132 Å². The van der Waals surface area contributed by atoms with Gasteiger partial charge in [-0.1, -0.05) is 44.2 Å². The number of hydrogen-bond acceptors (Lipinski definition) is 4. The first-order valence-corrected chi connectivity index (χ1v) is 6.81. The molecule has 0 heterocycles. The van der Waals surface area contributed by atoms with Gasteiger partial charge < -0.3 is 22.3 Å². The molecule has 0 saturated carbocycles. The summed E-state index contributed by atoms with van der Waals surface area (Å²) >= 11 is 0. The van der Waals surface area contributed by atoms with Crippen molar-refractivity contribution >= 4 is 11.9 Å². The molecular weight excluding hydrogens is 270 g/mol. The lowest BCUT2D eigenvalue weighted by atomic mass is 10.1. The van der Waals surface area contributed by atoms with Gasteiger partial charge in [-0.3, -0.25) is 9.59 Å². The van der Waals surface area contributed by atoms with E-state index in [4.69, 9.17) is 22.3 Å². The summed E-state index contributed by atoms with van der Waals surface area (Å²) in [7, 11) is 0. The number of carboxylic acids is 1. The van der Waals surface area contributed by atoms with Crippen molar-refractivity contribution in [1.29, 1.82) is 0 Å². The van der Waals surface area contributed by atoms with E-state index in [0.29, 0.717) is 18.8 Å². The number of nitrogens with two attached hydrogens (primary N) is 3. The molecular formula is C15H25N3O3. The van der Waals surface area contributed by atoms with Crippen molar-refractivity contribution < 1.29 is 14.7 Å². The molecule has 0 aliphatic heterocycles. The third-order valence-electron chi connectivity index (χ3n) is 2.71. The molecule has 0 bridgehead atoms. The van der Waals surface area contributed by atoms with Crippen molar-refractivity contribution in [3.8, 4) is 0 Å². The van der Waals surface area contributed by atoms with Gasteiger partial charge in [0.15, 0.2) is 0 Å². The summed E-state index contributed by atoms with van der Waals surface area (Å²) in [5, 5.41) is 8.31. The molecule has 6 nitrogen and oxygen atoms in total. The van der Waals surface area contributed by atoms with Crippen LogP contribution in [0.1, 0.15) is 25.8 Å². The molecule has 2 unspecified atom stereocenters. The lowest BCUT2D eigenvalue weighted by molar-refractivity contribution is -0.138. The lowest BCUT2D eigenvalue weighted by Crippen LogP contribution is -2.38. The zero-order valence-electron chi connectivity index (χ0n) is 12.5.